The van der Waals surface area contributed by atoms with Crippen LogP contribution in [0.1, 0.15) is 5.69 Å². The van der Waals surface area contributed by atoms with E-state index < -0.39 is 0 Å². The van der Waals surface area contributed by atoms with Crippen molar-refractivity contribution in [2.45, 2.75) is 6.61 Å². The number of hydrogen-bond donors (Lipinski definition) is 1. The van der Waals surface area contributed by atoms with Gasteiger partial charge < -0.3 is 24.1 Å². The standard InChI is InChI=1S/C18H17ClN2O5S/c1-23-14-8-13(15(24-2)7-12(14)19)20-18(22)10-25-9-11-6-16(26-21-11)17-4-3-5-27-17/h3-8H,9-10H2,1-2H3,(H,20,22). The van der Waals surface area contributed by atoms with E-state index in [9.17, 15) is 4.79 Å². The summed E-state index contributed by atoms with van der Waals surface area (Å²) in [6.07, 6.45) is 0. The number of carbonyl (C=O) groups is 1. The highest BCUT2D eigenvalue weighted by Crippen LogP contribution is 2.35. The van der Waals surface area contributed by atoms with Gasteiger partial charge in [-0.3, -0.25) is 4.79 Å². The van der Waals surface area contributed by atoms with Crippen LogP contribution in [0.2, 0.25) is 5.02 Å². The van der Waals surface area contributed by atoms with Crippen molar-refractivity contribution in [2.75, 3.05) is 26.1 Å². The van der Waals surface area contributed by atoms with Crippen molar-refractivity contribution in [3.8, 4) is 22.1 Å². The zero-order valence-corrected chi connectivity index (χ0v) is 16.2. The normalized spacial score (nSPS) is 10.6. The van der Waals surface area contributed by atoms with Crippen LogP contribution in [0.3, 0.4) is 0 Å². The summed E-state index contributed by atoms with van der Waals surface area (Å²) in [5.41, 5.74) is 1.05. The summed E-state index contributed by atoms with van der Waals surface area (Å²) >= 11 is 7.61. The van der Waals surface area contributed by atoms with E-state index >= 15 is 0 Å². The SMILES string of the molecule is COc1cc(NC(=O)COCc2cc(-c3cccs3)on2)c(OC)cc1Cl. The van der Waals surface area contributed by atoms with Crippen molar-refractivity contribution < 1.29 is 23.5 Å². The molecular formula is C18H17ClN2O5S. The number of hydrogen-bond acceptors (Lipinski definition) is 7. The van der Waals surface area contributed by atoms with Gasteiger partial charge in [-0.05, 0) is 11.4 Å². The van der Waals surface area contributed by atoms with Crippen LogP contribution in [-0.4, -0.2) is 31.9 Å². The lowest BCUT2D eigenvalue weighted by Gasteiger charge is -2.13. The summed E-state index contributed by atoms with van der Waals surface area (Å²) in [7, 11) is 2.98. The first kappa shape index (κ1) is 19.2. The number of ether oxygens (including phenoxy) is 3. The average molecular weight is 409 g/mol. The number of nitrogens with zero attached hydrogens (tertiary/aromatic N) is 1. The van der Waals surface area contributed by atoms with Gasteiger partial charge >= 0.3 is 0 Å². The maximum atomic E-state index is 12.1. The molecule has 0 fully saturated rings. The van der Waals surface area contributed by atoms with E-state index in [-0.39, 0.29) is 19.1 Å². The molecule has 0 spiro atoms. The third-order valence-corrected chi connectivity index (χ3v) is 4.73. The second-order valence-corrected chi connectivity index (χ2v) is 6.74. The largest absolute Gasteiger partial charge is 0.495 e. The summed E-state index contributed by atoms with van der Waals surface area (Å²) in [5.74, 6) is 1.18. The fourth-order valence-corrected chi connectivity index (χ4v) is 3.21. The summed E-state index contributed by atoms with van der Waals surface area (Å²) in [5, 5.41) is 8.99. The van der Waals surface area contributed by atoms with E-state index in [4.69, 9.17) is 30.3 Å². The monoisotopic (exact) mass is 408 g/mol. The molecule has 0 aliphatic rings. The van der Waals surface area contributed by atoms with E-state index in [1.165, 1.54) is 14.2 Å². The van der Waals surface area contributed by atoms with Gasteiger partial charge in [0.15, 0.2) is 5.76 Å². The van der Waals surface area contributed by atoms with Gasteiger partial charge in [-0.1, -0.05) is 22.8 Å². The third-order valence-electron chi connectivity index (χ3n) is 3.55. The van der Waals surface area contributed by atoms with Gasteiger partial charge in [0.2, 0.25) is 5.91 Å². The molecule has 0 bridgehead atoms. The Hall–Kier alpha value is -2.55. The first-order chi connectivity index (χ1) is 13.1. The lowest BCUT2D eigenvalue weighted by atomic mass is 10.2. The van der Waals surface area contributed by atoms with Crippen molar-refractivity contribution in [3.63, 3.8) is 0 Å². The molecule has 1 N–H and O–H groups in total. The second kappa shape index (κ2) is 8.90. The molecule has 0 radical (unpaired) electrons. The Labute approximate surface area is 164 Å². The molecule has 1 aromatic carbocycles. The van der Waals surface area contributed by atoms with Crippen LogP contribution in [0.15, 0.2) is 40.2 Å². The second-order valence-electron chi connectivity index (χ2n) is 5.39. The average Bonchev–Trinajstić information content (AvgIpc) is 3.34. The summed E-state index contributed by atoms with van der Waals surface area (Å²) in [4.78, 5) is 13.1. The number of rotatable bonds is 8. The molecule has 0 saturated heterocycles. The molecule has 0 atom stereocenters. The summed E-state index contributed by atoms with van der Waals surface area (Å²) in [6.45, 7) is -0.00133. The predicted octanol–water partition coefficient (Wildman–Crippen LogP) is 4.23. The molecule has 2 aromatic heterocycles. The molecule has 9 heteroatoms. The van der Waals surface area contributed by atoms with Gasteiger partial charge in [0.05, 0.1) is 36.4 Å². The highest BCUT2D eigenvalue weighted by atomic mass is 35.5. The van der Waals surface area contributed by atoms with E-state index in [0.717, 1.165) is 4.88 Å². The minimum Gasteiger partial charge on any atom is -0.495 e. The maximum Gasteiger partial charge on any atom is 0.250 e. The van der Waals surface area contributed by atoms with E-state index in [1.807, 2.05) is 17.5 Å². The number of anilines is 1. The summed E-state index contributed by atoms with van der Waals surface area (Å²) in [6, 6.07) is 8.82. The molecule has 1 amide bonds. The van der Waals surface area contributed by atoms with Crippen LogP contribution in [0.5, 0.6) is 11.5 Å². The lowest BCUT2D eigenvalue weighted by molar-refractivity contribution is -0.121. The number of nitrogens with one attached hydrogen (secondary N) is 1. The first-order valence-electron chi connectivity index (χ1n) is 7.89. The van der Waals surface area contributed by atoms with Crippen molar-refractivity contribution in [2.24, 2.45) is 0 Å². The minimum absolute atomic E-state index is 0.156. The fraction of sp³-hybridized carbons (Fsp3) is 0.222. The van der Waals surface area contributed by atoms with E-state index in [1.54, 1.807) is 29.5 Å². The minimum atomic E-state index is -0.348. The van der Waals surface area contributed by atoms with Crippen LogP contribution < -0.4 is 14.8 Å². The van der Waals surface area contributed by atoms with Crippen LogP contribution >= 0.6 is 22.9 Å². The smallest absolute Gasteiger partial charge is 0.250 e. The molecular weight excluding hydrogens is 392 g/mol. The predicted molar refractivity (Wildman–Crippen MR) is 103 cm³/mol. The number of amides is 1. The van der Waals surface area contributed by atoms with Crippen LogP contribution in [0, 0.1) is 0 Å². The Morgan fingerprint density at radius 2 is 2.07 bits per heavy atom. The summed E-state index contributed by atoms with van der Waals surface area (Å²) < 4.78 is 21.0. The number of methoxy groups -OCH3 is 2. The Morgan fingerprint density at radius 3 is 2.78 bits per heavy atom. The number of benzene rings is 1. The topological polar surface area (TPSA) is 82.8 Å². The molecule has 0 aliphatic heterocycles. The van der Waals surface area contributed by atoms with Gasteiger partial charge in [-0.2, -0.15) is 0 Å². The Morgan fingerprint density at radius 1 is 1.26 bits per heavy atom. The van der Waals surface area contributed by atoms with Crippen molar-refractivity contribution in [3.05, 3.63) is 46.4 Å². The highest BCUT2D eigenvalue weighted by molar-refractivity contribution is 7.13. The number of carbonyl (C=O) groups excluding carboxylic acids is 1. The maximum absolute atomic E-state index is 12.1. The molecule has 3 rings (SSSR count). The molecule has 0 unspecified atom stereocenters. The number of thiophene rings is 1. The van der Waals surface area contributed by atoms with E-state index in [0.29, 0.717) is 33.7 Å². The van der Waals surface area contributed by atoms with Crippen LogP contribution in [0.25, 0.3) is 10.6 Å². The van der Waals surface area contributed by atoms with Gasteiger partial charge in [0.1, 0.15) is 23.8 Å². The van der Waals surface area contributed by atoms with Crippen molar-refractivity contribution in [1.82, 2.24) is 5.16 Å². The zero-order valence-electron chi connectivity index (χ0n) is 14.7. The van der Waals surface area contributed by atoms with Gasteiger partial charge in [0.25, 0.3) is 0 Å². The molecule has 27 heavy (non-hydrogen) atoms. The van der Waals surface area contributed by atoms with Gasteiger partial charge in [-0.25, -0.2) is 0 Å². The Balaban J connectivity index is 1.54. The number of aromatic nitrogens is 1. The molecule has 0 aliphatic carbocycles. The van der Waals surface area contributed by atoms with Crippen molar-refractivity contribution in [1.29, 1.82) is 0 Å². The highest BCUT2D eigenvalue weighted by Gasteiger charge is 2.13. The Bertz CT molecular complexity index is 911. The molecule has 3 aromatic rings. The van der Waals surface area contributed by atoms with Crippen molar-refractivity contribution >= 4 is 34.5 Å². The molecule has 0 saturated carbocycles. The van der Waals surface area contributed by atoms with Gasteiger partial charge in [0, 0.05) is 18.2 Å². The van der Waals surface area contributed by atoms with Gasteiger partial charge in [-0.15, -0.1) is 11.3 Å². The lowest BCUT2D eigenvalue weighted by Crippen LogP contribution is -2.18. The van der Waals surface area contributed by atoms with E-state index in [2.05, 4.69) is 10.5 Å². The molecule has 7 nitrogen and oxygen atoms in total. The van der Waals surface area contributed by atoms with Crippen LogP contribution in [0.4, 0.5) is 5.69 Å². The zero-order chi connectivity index (χ0) is 19.2. The number of halogens is 1. The Kier molecular flexibility index (Phi) is 6.33. The first-order valence-corrected chi connectivity index (χ1v) is 9.15. The quantitative estimate of drug-likeness (QED) is 0.600. The third kappa shape index (κ3) is 4.79. The fourth-order valence-electron chi connectivity index (χ4n) is 2.31. The van der Waals surface area contributed by atoms with Crippen LogP contribution in [-0.2, 0) is 16.1 Å². The molecule has 142 valence electrons. The molecule has 2 heterocycles.